The second kappa shape index (κ2) is 10.1. The molecular weight excluding hydrogens is 156 g/mol. The molecule has 0 amide bonds. The molecule has 3 atom stereocenters. The molecule has 1 aliphatic carbocycles. The summed E-state index contributed by atoms with van der Waals surface area (Å²) in [7, 11) is 0. The van der Waals surface area contributed by atoms with E-state index < -0.39 is 0 Å². The second-order valence-corrected chi connectivity index (χ2v) is 3.72. The van der Waals surface area contributed by atoms with Crippen LogP contribution in [0, 0.1) is 17.8 Å². The molecule has 1 saturated carbocycles. The highest BCUT2D eigenvalue weighted by Gasteiger charge is 2.26. The summed E-state index contributed by atoms with van der Waals surface area (Å²) in [4.78, 5) is 0. The van der Waals surface area contributed by atoms with E-state index in [1.807, 2.05) is 27.7 Å². The minimum Gasteiger partial charge on any atom is -0.0683 e. The summed E-state index contributed by atoms with van der Waals surface area (Å²) >= 11 is 0. The maximum Gasteiger partial charge on any atom is -0.0388 e. The maximum atomic E-state index is 2.40. The molecule has 1 aliphatic rings. The van der Waals surface area contributed by atoms with E-state index >= 15 is 0 Å². The van der Waals surface area contributed by atoms with Crippen molar-refractivity contribution in [3.63, 3.8) is 0 Å². The molecule has 0 aromatic rings. The largest absolute Gasteiger partial charge is 0.0683 e. The Labute approximate surface area is 86.1 Å². The van der Waals surface area contributed by atoms with Crippen LogP contribution in [0.5, 0.6) is 0 Å². The van der Waals surface area contributed by atoms with Gasteiger partial charge in [0.15, 0.2) is 0 Å². The van der Waals surface area contributed by atoms with E-state index in [4.69, 9.17) is 0 Å². The van der Waals surface area contributed by atoms with Crippen molar-refractivity contribution < 1.29 is 0 Å². The molecule has 0 spiro atoms. The molecule has 82 valence electrons. The lowest BCUT2D eigenvalue weighted by Crippen LogP contribution is -2.00. The molecule has 0 bridgehead atoms. The van der Waals surface area contributed by atoms with Crippen molar-refractivity contribution >= 4 is 0 Å². The van der Waals surface area contributed by atoms with Crippen LogP contribution >= 0.6 is 0 Å². The normalized spacial score (nSPS) is 31.2. The smallest absolute Gasteiger partial charge is 0.0388 e. The highest BCUT2D eigenvalue weighted by atomic mass is 14.3. The molecule has 0 heteroatoms. The van der Waals surface area contributed by atoms with E-state index in [9.17, 15) is 0 Å². The molecule has 13 heavy (non-hydrogen) atoms. The van der Waals surface area contributed by atoms with Gasteiger partial charge in [0.25, 0.3) is 0 Å². The highest BCUT2D eigenvalue weighted by molar-refractivity contribution is 4.77. The van der Waals surface area contributed by atoms with Gasteiger partial charge in [-0.3, -0.25) is 0 Å². The first-order chi connectivity index (χ1) is 6.24. The summed E-state index contributed by atoms with van der Waals surface area (Å²) in [5.41, 5.74) is 0. The van der Waals surface area contributed by atoms with Crippen molar-refractivity contribution in [2.45, 2.75) is 67.7 Å². The van der Waals surface area contributed by atoms with Gasteiger partial charge in [-0.25, -0.2) is 0 Å². The molecule has 0 aliphatic heterocycles. The average molecular weight is 186 g/mol. The van der Waals surface area contributed by atoms with Crippen molar-refractivity contribution in [1.82, 2.24) is 0 Å². The van der Waals surface area contributed by atoms with Crippen LogP contribution in [-0.2, 0) is 0 Å². The van der Waals surface area contributed by atoms with E-state index in [1.54, 1.807) is 0 Å². The lowest BCUT2D eigenvalue weighted by Gasteiger charge is -2.10. The fourth-order valence-electron chi connectivity index (χ4n) is 2.24. The Morgan fingerprint density at radius 1 is 0.923 bits per heavy atom. The summed E-state index contributed by atoms with van der Waals surface area (Å²) in [6.07, 6.45) is 4.35. The van der Waals surface area contributed by atoms with E-state index in [1.165, 1.54) is 19.3 Å². The second-order valence-electron chi connectivity index (χ2n) is 3.72. The van der Waals surface area contributed by atoms with Gasteiger partial charge in [-0.05, 0) is 30.6 Å². The first kappa shape index (κ1) is 15.5. The Morgan fingerprint density at radius 2 is 1.38 bits per heavy atom. The van der Waals surface area contributed by atoms with E-state index in [-0.39, 0.29) is 0 Å². The monoisotopic (exact) mass is 186 g/mol. The molecule has 0 aromatic heterocycles. The first-order valence-corrected chi connectivity index (χ1v) is 6.24. The Bertz CT molecular complexity index is 86.0. The van der Waals surface area contributed by atoms with Crippen molar-refractivity contribution in [3.8, 4) is 0 Å². The predicted octanol–water partition coefficient (Wildman–Crippen LogP) is 5.13. The third-order valence-electron chi connectivity index (χ3n) is 2.81. The summed E-state index contributed by atoms with van der Waals surface area (Å²) in [5.74, 6) is 3.05. The van der Waals surface area contributed by atoms with Crippen LogP contribution in [0.25, 0.3) is 0 Å². The zero-order valence-electron chi connectivity index (χ0n) is 10.9. The molecule has 1 fully saturated rings. The van der Waals surface area contributed by atoms with Crippen molar-refractivity contribution in [1.29, 1.82) is 0 Å². The lowest BCUT2D eigenvalue weighted by atomic mass is 9.96. The third kappa shape index (κ3) is 6.12. The van der Waals surface area contributed by atoms with Crippen LogP contribution in [0.15, 0.2) is 0 Å². The van der Waals surface area contributed by atoms with Crippen LogP contribution in [0.1, 0.15) is 67.7 Å². The van der Waals surface area contributed by atoms with E-state index in [0.29, 0.717) is 0 Å². The first-order valence-electron chi connectivity index (χ1n) is 6.24. The Morgan fingerprint density at radius 3 is 1.54 bits per heavy atom. The summed E-state index contributed by atoms with van der Waals surface area (Å²) < 4.78 is 0. The lowest BCUT2D eigenvalue weighted by molar-refractivity contribution is 0.406. The average Bonchev–Trinajstić information content (AvgIpc) is 2.51. The van der Waals surface area contributed by atoms with Gasteiger partial charge >= 0.3 is 0 Å². The van der Waals surface area contributed by atoms with Gasteiger partial charge in [-0.1, -0.05) is 54.9 Å². The minimum absolute atomic E-state index is 1.00. The number of hydrogen-bond donors (Lipinski definition) is 0. The molecule has 0 aromatic carbocycles. The molecule has 0 nitrogen and oxygen atoms in total. The van der Waals surface area contributed by atoms with E-state index in [0.717, 1.165) is 17.8 Å². The Kier molecular flexibility index (Phi) is 12.0. The highest BCUT2D eigenvalue weighted by Crippen LogP contribution is 2.37. The summed E-state index contributed by atoms with van der Waals surface area (Å²) in [5, 5.41) is 0. The van der Waals surface area contributed by atoms with E-state index in [2.05, 4.69) is 20.8 Å². The molecule has 0 N–H and O–H groups in total. The molecular formula is C13H30. The van der Waals surface area contributed by atoms with Crippen LogP contribution in [0.4, 0.5) is 0 Å². The predicted molar refractivity (Wildman–Crippen MR) is 64.0 cm³/mol. The molecule has 1 unspecified atom stereocenters. The zero-order chi connectivity index (χ0) is 10.9. The quantitative estimate of drug-likeness (QED) is 0.532. The van der Waals surface area contributed by atoms with Crippen LogP contribution in [-0.4, -0.2) is 0 Å². The number of hydrogen-bond acceptors (Lipinski definition) is 0. The third-order valence-corrected chi connectivity index (χ3v) is 2.81. The van der Waals surface area contributed by atoms with Crippen molar-refractivity contribution in [2.75, 3.05) is 0 Å². The zero-order valence-corrected chi connectivity index (χ0v) is 10.9. The van der Waals surface area contributed by atoms with Crippen LogP contribution in [0.3, 0.4) is 0 Å². The van der Waals surface area contributed by atoms with Gasteiger partial charge in [0.05, 0.1) is 0 Å². The van der Waals surface area contributed by atoms with Gasteiger partial charge in [0, 0.05) is 0 Å². The van der Waals surface area contributed by atoms with Gasteiger partial charge in [-0.2, -0.15) is 0 Å². The topological polar surface area (TPSA) is 0 Å². The summed E-state index contributed by atoms with van der Waals surface area (Å²) in [6.45, 7) is 15.1. The maximum absolute atomic E-state index is 2.40. The minimum atomic E-state index is 1.00. The van der Waals surface area contributed by atoms with Crippen LogP contribution < -0.4 is 0 Å². The molecule has 0 saturated heterocycles. The van der Waals surface area contributed by atoms with Crippen molar-refractivity contribution in [3.05, 3.63) is 0 Å². The van der Waals surface area contributed by atoms with Gasteiger partial charge < -0.3 is 0 Å². The fourth-order valence-corrected chi connectivity index (χ4v) is 2.24. The molecule has 0 heterocycles. The standard InChI is InChI=1S/C9H18.2C2H6/c1-4-9-6-7(2)5-8(9)3;2*1-2/h7-9H,4-6H2,1-3H3;2*1-2H3/t7?,8-,9-;;/m0../s1. The Hall–Kier alpha value is 0. The van der Waals surface area contributed by atoms with Crippen molar-refractivity contribution in [2.24, 2.45) is 17.8 Å². The summed E-state index contributed by atoms with van der Waals surface area (Å²) in [6, 6.07) is 0. The number of rotatable bonds is 1. The fraction of sp³-hybridized carbons (Fsp3) is 1.00. The van der Waals surface area contributed by atoms with Crippen LogP contribution in [0.2, 0.25) is 0 Å². The molecule has 0 radical (unpaired) electrons. The molecule has 1 rings (SSSR count). The van der Waals surface area contributed by atoms with Gasteiger partial charge in [0.1, 0.15) is 0 Å². The van der Waals surface area contributed by atoms with Gasteiger partial charge in [-0.15, -0.1) is 0 Å². The SMILES string of the molecule is CC.CC.CC[C@H]1CC(C)C[C@@H]1C. The van der Waals surface area contributed by atoms with Gasteiger partial charge in [0.2, 0.25) is 0 Å². The Balaban J connectivity index is 0.